The minimum absolute atomic E-state index is 0.330. The zero-order valence-electron chi connectivity index (χ0n) is 12.4. The average Bonchev–Trinajstić information content (AvgIpc) is 3.09. The molecular weight excluding hydrogens is 305 g/mol. The Balaban J connectivity index is 1.98. The molecule has 0 unspecified atom stereocenters. The molecule has 0 spiro atoms. The normalized spacial score (nSPS) is 11.1. The van der Waals surface area contributed by atoms with E-state index in [-0.39, 0.29) is 5.82 Å². The van der Waals surface area contributed by atoms with Crippen molar-refractivity contribution >= 4 is 11.3 Å². The molecule has 7 heteroatoms. The molecule has 2 aromatic heterocycles. The number of methoxy groups -OCH3 is 1. The lowest BCUT2D eigenvalue weighted by atomic mass is 10.1. The second-order valence-corrected chi connectivity index (χ2v) is 5.92. The van der Waals surface area contributed by atoms with Crippen LogP contribution in [-0.2, 0) is 11.3 Å². The van der Waals surface area contributed by atoms with E-state index in [1.165, 1.54) is 23.5 Å². The van der Waals surface area contributed by atoms with Crippen LogP contribution in [0.3, 0.4) is 0 Å². The van der Waals surface area contributed by atoms with Crippen LogP contribution < -0.4 is 0 Å². The molecule has 114 valence electrons. The number of thiazole rings is 1. The smallest absolute Gasteiger partial charge is 0.270 e. The first kappa shape index (κ1) is 14.8. The third-order valence-electron chi connectivity index (χ3n) is 3.17. The first-order valence-electron chi connectivity index (χ1n) is 6.64. The molecule has 0 saturated heterocycles. The van der Waals surface area contributed by atoms with Crippen LogP contribution in [0, 0.1) is 19.7 Å². The molecule has 5 nitrogen and oxygen atoms in total. The fourth-order valence-electron chi connectivity index (χ4n) is 2.10. The van der Waals surface area contributed by atoms with Crippen LogP contribution in [0.15, 0.2) is 22.7 Å². The zero-order valence-corrected chi connectivity index (χ0v) is 13.2. The van der Waals surface area contributed by atoms with Crippen molar-refractivity contribution in [3.05, 3.63) is 40.3 Å². The predicted molar refractivity (Wildman–Crippen MR) is 81.0 cm³/mol. The minimum atomic E-state index is -0.330. The van der Waals surface area contributed by atoms with E-state index in [0.29, 0.717) is 23.9 Å². The van der Waals surface area contributed by atoms with Gasteiger partial charge in [-0.05, 0) is 31.5 Å². The molecule has 0 aliphatic heterocycles. The summed E-state index contributed by atoms with van der Waals surface area (Å²) in [7, 11) is 1.62. The maximum absolute atomic E-state index is 13.4. The lowest BCUT2D eigenvalue weighted by Gasteiger charge is -1.99. The van der Waals surface area contributed by atoms with Crippen molar-refractivity contribution in [2.24, 2.45) is 0 Å². The van der Waals surface area contributed by atoms with Crippen LogP contribution in [-0.4, -0.2) is 22.2 Å². The quantitative estimate of drug-likeness (QED) is 0.732. The summed E-state index contributed by atoms with van der Waals surface area (Å²) >= 11 is 1.45. The summed E-state index contributed by atoms with van der Waals surface area (Å²) in [5.41, 5.74) is 2.31. The van der Waals surface area contributed by atoms with Gasteiger partial charge in [-0.15, -0.1) is 11.3 Å². The summed E-state index contributed by atoms with van der Waals surface area (Å²) in [6.45, 7) is 4.19. The van der Waals surface area contributed by atoms with Crippen molar-refractivity contribution in [1.29, 1.82) is 0 Å². The Morgan fingerprint density at radius 3 is 2.86 bits per heavy atom. The van der Waals surface area contributed by atoms with Crippen LogP contribution in [0.5, 0.6) is 0 Å². The number of rotatable bonds is 4. The molecule has 2 heterocycles. The Kier molecular flexibility index (Phi) is 4.00. The van der Waals surface area contributed by atoms with E-state index in [9.17, 15) is 4.39 Å². The molecule has 0 fully saturated rings. The fourth-order valence-corrected chi connectivity index (χ4v) is 3.05. The van der Waals surface area contributed by atoms with Gasteiger partial charge in [0, 0.05) is 12.7 Å². The van der Waals surface area contributed by atoms with E-state index in [0.717, 1.165) is 21.1 Å². The van der Waals surface area contributed by atoms with Crippen molar-refractivity contribution in [3.63, 3.8) is 0 Å². The van der Waals surface area contributed by atoms with Gasteiger partial charge in [0.1, 0.15) is 15.7 Å². The second kappa shape index (κ2) is 5.94. The molecule has 0 aliphatic carbocycles. The first-order chi connectivity index (χ1) is 10.6. The Labute approximate surface area is 130 Å². The standard InChI is InChI=1S/C15H14FN3O2S/c1-8-4-5-10(16)6-11(8)14-18-15(21-19-14)13-9(2)17-12(22-13)7-20-3/h4-6H,7H2,1-3H3. The van der Waals surface area contributed by atoms with Crippen LogP contribution in [0.25, 0.3) is 22.2 Å². The molecular formula is C15H14FN3O2S. The van der Waals surface area contributed by atoms with Crippen molar-refractivity contribution in [1.82, 2.24) is 15.1 Å². The molecule has 1 aromatic carbocycles. The summed E-state index contributed by atoms with van der Waals surface area (Å²) in [5.74, 6) is 0.424. The Morgan fingerprint density at radius 1 is 1.27 bits per heavy atom. The highest BCUT2D eigenvalue weighted by molar-refractivity contribution is 7.15. The van der Waals surface area contributed by atoms with Gasteiger partial charge in [0.05, 0.1) is 12.3 Å². The van der Waals surface area contributed by atoms with Gasteiger partial charge in [-0.3, -0.25) is 0 Å². The van der Waals surface area contributed by atoms with E-state index >= 15 is 0 Å². The van der Waals surface area contributed by atoms with Crippen LogP contribution in [0.1, 0.15) is 16.3 Å². The Hall–Kier alpha value is -2.12. The third-order valence-corrected chi connectivity index (χ3v) is 4.29. The fraction of sp³-hybridized carbons (Fsp3) is 0.267. The van der Waals surface area contributed by atoms with E-state index in [1.807, 2.05) is 13.8 Å². The molecule has 0 bridgehead atoms. The minimum Gasteiger partial charge on any atom is -0.378 e. The molecule has 0 aliphatic rings. The molecule has 3 aromatic rings. The summed E-state index contributed by atoms with van der Waals surface area (Å²) in [5, 5.41) is 4.80. The molecule has 0 N–H and O–H groups in total. The van der Waals surface area contributed by atoms with Gasteiger partial charge >= 0.3 is 0 Å². The number of halogens is 1. The second-order valence-electron chi connectivity index (χ2n) is 4.84. The number of aromatic nitrogens is 3. The highest BCUT2D eigenvalue weighted by Crippen LogP contribution is 2.31. The molecule has 3 rings (SSSR count). The van der Waals surface area contributed by atoms with Gasteiger partial charge < -0.3 is 9.26 Å². The first-order valence-corrected chi connectivity index (χ1v) is 7.46. The monoisotopic (exact) mass is 319 g/mol. The Morgan fingerprint density at radius 2 is 2.09 bits per heavy atom. The van der Waals surface area contributed by atoms with Gasteiger partial charge in [-0.25, -0.2) is 9.37 Å². The van der Waals surface area contributed by atoms with Crippen LogP contribution >= 0.6 is 11.3 Å². The summed E-state index contributed by atoms with van der Waals surface area (Å²) in [4.78, 5) is 9.57. The Bertz CT molecular complexity index is 813. The number of benzene rings is 1. The number of hydrogen-bond donors (Lipinski definition) is 0. The highest BCUT2D eigenvalue weighted by Gasteiger charge is 2.18. The molecule has 0 amide bonds. The topological polar surface area (TPSA) is 61.0 Å². The zero-order chi connectivity index (χ0) is 15.7. The highest BCUT2D eigenvalue weighted by atomic mass is 32.1. The summed E-state index contributed by atoms with van der Waals surface area (Å²) in [6, 6.07) is 4.50. The number of aryl methyl sites for hydroxylation is 2. The van der Waals surface area contributed by atoms with Crippen molar-refractivity contribution in [2.75, 3.05) is 7.11 Å². The van der Waals surface area contributed by atoms with E-state index < -0.39 is 0 Å². The van der Waals surface area contributed by atoms with Crippen LogP contribution in [0.2, 0.25) is 0 Å². The molecule has 0 radical (unpaired) electrons. The molecule has 0 atom stereocenters. The van der Waals surface area contributed by atoms with Gasteiger partial charge in [-0.1, -0.05) is 11.2 Å². The number of ether oxygens (including phenoxy) is 1. The lowest BCUT2D eigenvalue weighted by molar-refractivity contribution is 0.184. The van der Waals surface area contributed by atoms with E-state index in [4.69, 9.17) is 9.26 Å². The van der Waals surface area contributed by atoms with Crippen molar-refractivity contribution in [2.45, 2.75) is 20.5 Å². The van der Waals surface area contributed by atoms with Gasteiger partial charge in [0.2, 0.25) is 5.82 Å². The summed E-state index contributed by atoms with van der Waals surface area (Å²) < 4.78 is 23.8. The van der Waals surface area contributed by atoms with Crippen molar-refractivity contribution in [3.8, 4) is 22.2 Å². The number of nitrogens with zero attached hydrogens (tertiary/aromatic N) is 3. The van der Waals surface area contributed by atoms with Crippen LogP contribution in [0.4, 0.5) is 4.39 Å². The molecule has 22 heavy (non-hydrogen) atoms. The van der Waals surface area contributed by atoms with E-state index in [1.54, 1.807) is 13.2 Å². The average molecular weight is 319 g/mol. The predicted octanol–water partition coefficient (Wildman–Crippen LogP) is 3.76. The van der Waals surface area contributed by atoms with Gasteiger partial charge in [-0.2, -0.15) is 4.98 Å². The molecule has 0 saturated carbocycles. The number of hydrogen-bond acceptors (Lipinski definition) is 6. The lowest BCUT2D eigenvalue weighted by Crippen LogP contribution is -1.87. The van der Waals surface area contributed by atoms with Gasteiger partial charge in [0.15, 0.2) is 0 Å². The van der Waals surface area contributed by atoms with E-state index in [2.05, 4.69) is 15.1 Å². The summed E-state index contributed by atoms with van der Waals surface area (Å²) in [6.07, 6.45) is 0. The SMILES string of the molecule is COCc1nc(C)c(-c2nc(-c3cc(F)ccc3C)no2)s1. The maximum atomic E-state index is 13.4. The van der Waals surface area contributed by atoms with Gasteiger partial charge in [0.25, 0.3) is 5.89 Å². The largest absolute Gasteiger partial charge is 0.378 e. The third kappa shape index (κ3) is 2.77. The maximum Gasteiger partial charge on any atom is 0.270 e. The van der Waals surface area contributed by atoms with Crippen molar-refractivity contribution < 1.29 is 13.7 Å².